The maximum Gasteiger partial charge on any atom is 0.416 e. The van der Waals surface area contributed by atoms with Crippen LogP contribution in [0.2, 0.25) is 0 Å². The van der Waals surface area contributed by atoms with E-state index in [9.17, 15) is 13.2 Å². The van der Waals surface area contributed by atoms with Crippen molar-refractivity contribution >= 4 is 5.69 Å². The number of ether oxygens (including phenoxy) is 1. The van der Waals surface area contributed by atoms with Gasteiger partial charge >= 0.3 is 6.18 Å². The van der Waals surface area contributed by atoms with Crippen molar-refractivity contribution in [3.63, 3.8) is 0 Å². The number of nitrogens with one attached hydrogen (secondary N) is 1. The van der Waals surface area contributed by atoms with Gasteiger partial charge in [-0.2, -0.15) is 13.2 Å². The molecule has 1 aliphatic rings. The van der Waals surface area contributed by atoms with E-state index in [1.54, 1.807) is 0 Å². The molecule has 1 heterocycles. The van der Waals surface area contributed by atoms with Crippen molar-refractivity contribution in [3.05, 3.63) is 29.8 Å². The highest BCUT2D eigenvalue weighted by Gasteiger charge is 2.48. The standard InChI is InChI=1S/C14H18F3NO/c1-9(2)10-3-5-11(6-4-10)18-12-7-8-19-13(12)14(15,16)17/h3-6,9,12-13,18H,7-8H2,1-2H3. The first kappa shape index (κ1) is 14.2. The van der Waals surface area contributed by atoms with E-state index in [0.717, 1.165) is 0 Å². The van der Waals surface area contributed by atoms with Gasteiger partial charge in [-0.3, -0.25) is 0 Å². The van der Waals surface area contributed by atoms with Gasteiger partial charge in [-0.25, -0.2) is 0 Å². The molecule has 106 valence electrons. The van der Waals surface area contributed by atoms with Crippen LogP contribution in [-0.2, 0) is 4.74 Å². The maximum absolute atomic E-state index is 12.7. The van der Waals surface area contributed by atoms with Crippen molar-refractivity contribution in [1.82, 2.24) is 0 Å². The summed E-state index contributed by atoms with van der Waals surface area (Å²) in [6, 6.07) is 6.81. The zero-order chi connectivity index (χ0) is 14.0. The molecule has 2 rings (SSSR count). The Morgan fingerprint density at radius 3 is 2.37 bits per heavy atom. The minimum absolute atomic E-state index is 0.145. The molecular formula is C14H18F3NO. The molecule has 0 saturated carbocycles. The van der Waals surface area contributed by atoms with Gasteiger partial charge in [0, 0.05) is 12.3 Å². The van der Waals surface area contributed by atoms with Gasteiger partial charge in [0.05, 0.1) is 6.04 Å². The monoisotopic (exact) mass is 273 g/mol. The predicted molar refractivity (Wildman–Crippen MR) is 68.4 cm³/mol. The molecule has 0 amide bonds. The summed E-state index contributed by atoms with van der Waals surface area (Å²) in [5.74, 6) is 0.409. The Hall–Kier alpha value is -1.23. The molecule has 2 unspecified atom stereocenters. The first-order valence-corrected chi connectivity index (χ1v) is 6.42. The zero-order valence-corrected chi connectivity index (χ0v) is 11.0. The molecule has 5 heteroatoms. The molecule has 1 N–H and O–H groups in total. The summed E-state index contributed by atoms with van der Waals surface area (Å²) < 4.78 is 42.9. The number of hydrogen-bond donors (Lipinski definition) is 1. The Bertz CT molecular complexity index is 414. The van der Waals surface area contributed by atoms with Gasteiger partial charge in [0.15, 0.2) is 6.10 Å². The fourth-order valence-electron chi connectivity index (χ4n) is 2.24. The number of benzene rings is 1. The van der Waals surface area contributed by atoms with Crippen LogP contribution in [0, 0.1) is 0 Å². The van der Waals surface area contributed by atoms with E-state index in [0.29, 0.717) is 18.0 Å². The SMILES string of the molecule is CC(C)c1ccc(NC2CCOC2C(F)(F)F)cc1. The molecule has 2 nitrogen and oxygen atoms in total. The minimum atomic E-state index is -4.31. The molecule has 1 aromatic carbocycles. The Morgan fingerprint density at radius 1 is 1.21 bits per heavy atom. The Balaban J connectivity index is 2.04. The highest BCUT2D eigenvalue weighted by atomic mass is 19.4. The third kappa shape index (κ3) is 3.41. The second kappa shape index (κ2) is 5.41. The molecule has 0 spiro atoms. The fraction of sp³-hybridized carbons (Fsp3) is 0.571. The third-order valence-corrected chi connectivity index (χ3v) is 3.34. The molecule has 0 radical (unpaired) electrons. The quantitative estimate of drug-likeness (QED) is 0.900. The van der Waals surface area contributed by atoms with Crippen molar-refractivity contribution in [2.45, 2.75) is 44.5 Å². The third-order valence-electron chi connectivity index (χ3n) is 3.34. The summed E-state index contributed by atoms with van der Waals surface area (Å²) >= 11 is 0. The average Bonchev–Trinajstić information content (AvgIpc) is 2.77. The Kier molecular flexibility index (Phi) is 4.04. The Morgan fingerprint density at radius 2 is 1.84 bits per heavy atom. The average molecular weight is 273 g/mol. The molecule has 0 aromatic heterocycles. The largest absolute Gasteiger partial charge is 0.416 e. The van der Waals surface area contributed by atoms with Gasteiger partial charge in [-0.1, -0.05) is 26.0 Å². The predicted octanol–water partition coefficient (Wildman–Crippen LogP) is 3.94. The molecular weight excluding hydrogens is 255 g/mol. The normalized spacial score (nSPS) is 23.9. The molecule has 0 aliphatic carbocycles. The first-order valence-electron chi connectivity index (χ1n) is 6.42. The van der Waals surface area contributed by atoms with Crippen molar-refractivity contribution in [2.24, 2.45) is 0 Å². The van der Waals surface area contributed by atoms with E-state index in [-0.39, 0.29) is 6.61 Å². The summed E-state index contributed by atoms with van der Waals surface area (Å²) in [5.41, 5.74) is 1.87. The van der Waals surface area contributed by atoms with E-state index in [2.05, 4.69) is 19.2 Å². The van der Waals surface area contributed by atoms with Crippen molar-refractivity contribution in [2.75, 3.05) is 11.9 Å². The molecule has 1 aromatic rings. The number of alkyl halides is 3. The zero-order valence-electron chi connectivity index (χ0n) is 11.0. The highest BCUT2D eigenvalue weighted by molar-refractivity contribution is 5.46. The molecule has 1 aliphatic heterocycles. The van der Waals surface area contributed by atoms with Crippen LogP contribution in [0.5, 0.6) is 0 Å². The molecule has 19 heavy (non-hydrogen) atoms. The first-order chi connectivity index (χ1) is 8.88. The van der Waals surface area contributed by atoms with Crippen LogP contribution in [0.4, 0.5) is 18.9 Å². The highest BCUT2D eigenvalue weighted by Crippen LogP contribution is 2.32. The van der Waals surface area contributed by atoms with Crippen LogP contribution in [0.3, 0.4) is 0 Å². The second-order valence-corrected chi connectivity index (χ2v) is 5.15. The van der Waals surface area contributed by atoms with E-state index in [4.69, 9.17) is 4.74 Å². The van der Waals surface area contributed by atoms with Crippen LogP contribution in [0.1, 0.15) is 31.7 Å². The summed E-state index contributed by atoms with van der Waals surface area (Å²) in [6.07, 6.45) is -5.65. The molecule has 1 saturated heterocycles. The summed E-state index contributed by atoms with van der Waals surface area (Å²) in [5, 5.41) is 2.92. The lowest BCUT2D eigenvalue weighted by molar-refractivity contribution is -0.208. The lowest BCUT2D eigenvalue weighted by Gasteiger charge is -2.23. The van der Waals surface area contributed by atoms with Gasteiger partial charge in [-0.05, 0) is 30.0 Å². The summed E-state index contributed by atoms with van der Waals surface area (Å²) in [4.78, 5) is 0. The number of halogens is 3. The molecule has 2 atom stereocenters. The molecule has 1 fully saturated rings. The van der Waals surface area contributed by atoms with Crippen LogP contribution >= 0.6 is 0 Å². The minimum Gasteiger partial charge on any atom is -0.379 e. The number of rotatable bonds is 3. The van der Waals surface area contributed by atoms with Crippen LogP contribution in [0.25, 0.3) is 0 Å². The summed E-state index contributed by atoms with van der Waals surface area (Å²) in [7, 11) is 0. The second-order valence-electron chi connectivity index (χ2n) is 5.15. The lowest BCUT2D eigenvalue weighted by Crippen LogP contribution is -2.41. The van der Waals surface area contributed by atoms with Crippen molar-refractivity contribution in [3.8, 4) is 0 Å². The number of hydrogen-bond acceptors (Lipinski definition) is 2. The lowest BCUT2D eigenvalue weighted by atomic mass is 10.0. The summed E-state index contributed by atoms with van der Waals surface area (Å²) in [6.45, 7) is 4.30. The Labute approximate surface area is 111 Å². The van der Waals surface area contributed by atoms with Gasteiger partial charge in [0.2, 0.25) is 0 Å². The van der Waals surface area contributed by atoms with Crippen LogP contribution in [0.15, 0.2) is 24.3 Å². The van der Waals surface area contributed by atoms with Gasteiger partial charge in [-0.15, -0.1) is 0 Å². The van der Waals surface area contributed by atoms with Gasteiger partial charge in [0.25, 0.3) is 0 Å². The molecule has 0 bridgehead atoms. The van der Waals surface area contributed by atoms with E-state index in [1.165, 1.54) is 5.56 Å². The number of anilines is 1. The topological polar surface area (TPSA) is 21.3 Å². The van der Waals surface area contributed by atoms with Crippen LogP contribution < -0.4 is 5.32 Å². The fourth-order valence-corrected chi connectivity index (χ4v) is 2.24. The maximum atomic E-state index is 12.7. The van der Waals surface area contributed by atoms with Gasteiger partial charge in [0.1, 0.15) is 0 Å². The van der Waals surface area contributed by atoms with Crippen molar-refractivity contribution < 1.29 is 17.9 Å². The van der Waals surface area contributed by atoms with E-state index >= 15 is 0 Å². The van der Waals surface area contributed by atoms with Crippen molar-refractivity contribution in [1.29, 1.82) is 0 Å². The smallest absolute Gasteiger partial charge is 0.379 e. The van der Waals surface area contributed by atoms with E-state index < -0.39 is 18.3 Å². The van der Waals surface area contributed by atoms with Crippen LogP contribution in [-0.4, -0.2) is 24.9 Å². The van der Waals surface area contributed by atoms with E-state index in [1.807, 2.05) is 24.3 Å². The van der Waals surface area contributed by atoms with Gasteiger partial charge < -0.3 is 10.1 Å².